The molecule has 0 aliphatic heterocycles. The molecule has 1 aromatic rings. The molecule has 3 heteroatoms. The van der Waals surface area contributed by atoms with Crippen LogP contribution in [0.4, 0.5) is 0 Å². The van der Waals surface area contributed by atoms with Crippen LogP contribution >= 0.6 is 0 Å². The number of rotatable bonds is 4. The molecule has 1 rings (SSSR count). The summed E-state index contributed by atoms with van der Waals surface area (Å²) in [6.45, 7) is 7.72. The Balaban J connectivity index is 2.78. The Morgan fingerprint density at radius 1 is 1.35 bits per heavy atom. The van der Waals surface area contributed by atoms with Crippen LogP contribution in [0.2, 0.25) is 0 Å². The fourth-order valence-corrected chi connectivity index (χ4v) is 1.66. The zero-order chi connectivity index (χ0) is 13.1. The van der Waals surface area contributed by atoms with E-state index in [0.717, 1.165) is 11.1 Å². The molecule has 1 aromatic carbocycles. The van der Waals surface area contributed by atoms with Gasteiger partial charge in [-0.15, -0.1) is 0 Å². The quantitative estimate of drug-likeness (QED) is 0.840. The van der Waals surface area contributed by atoms with Crippen LogP contribution in [0.1, 0.15) is 41.8 Å². The average molecular weight is 235 g/mol. The Labute approximate surface area is 103 Å². The van der Waals surface area contributed by atoms with E-state index in [4.69, 9.17) is 0 Å². The number of aryl methyl sites for hydroxylation is 2. The van der Waals surface area contributed by atoms with E-state index in [1.165, 1.54) is 0 Å². The second kappa shape index (κ2) is 5.32. The lowest BCUT2D eigenvalue weighted by Crippen LogP contribution is -2.40. The van der Waals surface area contributed by atoms with E-state index in [0.29, 0.717) is 12.0 Å². The van der Waals surface area contributed by atoms with Gasteiger partial charge in [0.25, 0.3) is 5.91 Å². The Bertz CT molecular complexity index is 390. The Kier molecular flexibility index (Phi) is 4.29. The maximum Gasteiger partial charge on any atom is 0.251 e. The summed E-state index contributed by atoms with van der Waals surface area (Å²) in [5.74, 6) is -0.116. The molecule has 0 fully saturated rings. The van der Waals surface area contributed by atoms with Gasteiger partial charge in [0.2, 0.25) is 0 Å². The third-order valence-electron chi connectivity index (χ3n) is 3.10. The first-order chi connectivity index (χ1) is 7.87. The highest BCUT2D eigenvalue weighted by molar-refractivity contribution is 5.97. The molecule has 0 radical (unpaired) electrons. The summed E-state index contributed by atoms with van der Waals surface area (Å²) in [4.78, 5) is 12.0. The summed E-state index contributed by atoms with van der Waals surface area (Å²) < 4.78 is 0. The summed E-state index contributed by atoms with van der Waals surface area (Å²) in [6.07, 6.45) is 0.611. The van der Waals surface area contributed by atoms with Gasteiger partial charge in [-0.05, 0) is 38.3 Å². The molecule has 1 amide bonds. The summed E-state index contributed by atoms with van der Waals surface area (Å²) >= 11 is 0. The Hall–Kier alpha value is -1.35. The SMILES string of the molecule is CCC(C)(O)CNC(=O)c1c(C)cccc1C. The van der Waals surface area contributed by atoms with E-state index in [9.17, 15) is 9.90 Å². The van der Waals surface area contributed by atoms with Gasteiger partial charge in [-0.25, -0.2) is 0 Å². The molecule has 94 valence electrons. The molecule has 3 nitrogen and oxygen atoms in total. The van der Waals surface area contributed by atoms with E-state index < -0.39 is 5.60 Å². The molecule has 17 heavy (non-hydrogen) atoms. The van der Waals surface area contributed by atoms with E-state index in [2.05, 4.69) is 5.32 Å². The smallest absolute Gasteiger partial charge is 0.251 e. The maximum atomic E-state index is 12.0. The number of benzene rings is 1. The molecule has 2 N–H and O–H groups in total. The zero-order valence-electron chi connectivity index (χ0n) is 11.0. The van der Waals surface area contributed by atoms with E-state index >= 15 is 0 Å². The van der Waals surface area contributed by atoms with Crippen LogP contribution in [0.15, 0.2) is 18.2 Å². The molecule has 1 atom stereocenters. The lowest BCUT2D eigenvalue weighted by atomic mass is 10.0. The predicted molar refractivity (Wildman–Crippen MR) is 69.2 cm³/mol. The fraction of sp³-hybridized carbons (Fsp3) is 0.500. The molecule has 0 bridgehead atoms. The predicted octanol–water partition coefficient (Wildman–Crippen LogP) is 2.19. The normalized spacial score (nSPS) is 14.2. The minimum Gasteiger partial charge on any atom is -0.388 e. The van der Waals surface area contributed by atoms with E-state index in [1.807, 2.05) is 39.0 Å². The van der Waals surface area contributed by atoms with Gasteiger partial charge in [0.1, 0.15) is 0 Å². The van der Waals surface area contributed by atoms with Crippen LogP contribution in [0.3, 0.4) is 0 Å². The standard InChI is InChI=1S/C14H21NO2/c1-5-14(4,17)9-15-13(16)12-10(2)7-6-8-11(12)3/h6-8,17H,5,9H2,1-4H3,(H,15,16). The highest BCUT2D eigenvalue weighted by atomic mass is 16.3. The summed E-state index contributed by atoms with van der Waals surface area (Å²) in [7, 11) is 0. The van der Waals surface area contributed by atoms with E-state index in [-0.39, 0.29) is 12.5 Å². The molecular weight excluding hydrogens is 214 g/mol. The van der Waals surface area contributed by atoms with Crippen molar-refractivity contribution in [1.82, 2.24) is 5.32 Å². The first kappa shape index (κ1) is 13.7. The van der Waals surface area contributed by atoms with Crippen molar-refractivity contribution in [2.75, 3.05) is 6.54 Å². The number of hydrogen-bond donors (Lipinski definition) is 2. The van der Waals surface area contributed by atoms with Gasteiger partial charge in [0, 0.05) is 12.1 Å². The molecule has 0 aromatic heterocycles. The number of hydrogen-bond acceptors (Lipinski definition) is 2. The number of carbonyl (C=O) groups is 1. The zero-order valence-corrected chi connectivity index (χ0v) is 11.0. The van der Waals surface area contributed by atoms with Gasteiger partial charge in [0.05, 0.1) is 5.60 Å². The molecule has 0 aliphatic carbocycles. The molecule has 0 spiro atoms. The van der Waals surface area contributed by atoms with Crippen LogP contribution in [-0.2, 0) is 0 Å². The monoisotopic (exact) mass is 235 g/mol. The van der Waals surface area contributed by atoms with Gasteiger partial charge in [-0.3, -0.25) is 4.79 Å². The summed E-state index contributed by atoms with van der Waals surface area (Å²) in [5.41, 5.74) is 1.78. The van der Waals surface area contributed by atoms with Crippen molar-refractivity contribution in [1.29, 1.82) is 0 Å². The third kappa shape index (κ3) is 3.56. The minimum atomic E-state index is -0.841. The first-order valence-electron chi connectivity index (χ1n) is 5.94. The fourth-order valence-electron chi connectivity index (χ4n) is 1.66. The van der Waals surface area contributed by atoms with Gasteiger partial charge >= 0.3 is 0 Å². The molecule has 0 saturated heterocycles. The first-order valence-corrected chi connectivity index (χ1v) is 5.94. The largest absolute Gasteiger partial charge is 0.388 e. The molecule has 1 unspecified atom stereocenters. The Morgan fingerprint density at radius 3 is 2.35 bits per heavy atom. The van der Waals surface area contributed by atoms with Gasteiger partial charge in [-0.1, -0.05) is 25.1 Å². The third-order valence-corrected chi connectivity index (χ3v) is 3.10. The maximum absolute atomic E-state index is 12.0. The van der Waals surface area contributed by atoms with Crippen molar-refractivity contribution in [2.24, 2.45) is 0 Å². The number of carbonyl (C=O) groups excluding carboxylic acids is 1. The van der Waals surface area contributed by atoms with Crippen LogP contribution in [0.25, 0.3) is 0 Å². The summed E-state index contributed by atoms with van der Waals surface area (Å²) in [6, 6.07) is 5.77. The Morgan fingerprint density at radius 2 is 1.88 bits per heavy atom. The minimum absolute atomic E-state index is 0.116. The lowest BCUT2D eigenvalue weighted by Gasteiger charge is -2.22. The van der Waals surface area contributed by atoms with Gasteiger partial charge in [0.15, 0.2) is 0 Å². The van der Waals surface area contributed by atoms with Crippen LogP contribution in [0, 0.1) is 13.8 Å². The highest BCUT2D eigenvalue weighted by Gasteiger charge is 2.20. The highest BCUT2D eigenvalue weighted by Crippen LogP contribution is 2.13. The molecular formula is C14H21NO2. The van der Waals surface area contributed by atoms with Crippen molar-refractivity contribution in [3.63, 3.8) is 0 Å². The lowest BCUT2D eigenvalue weighted by molar-refractivity contribution is 0.0518. The summed E-state index contributed by atoms with van der Waals surface area (Å²) in [5, 5.41) is 12.6. The number of nitrogens with one attached hydrogen (secondary N) is 1. The van der Waals surface area contributed by atoms with Crippen molar-refractivity contribution < 1.29 is 9.90 Å². The number of aliphatic hydroxyl groups is 1. The van der Waals surface area contributed by atoms with Crippen molar-refractivity contribution in [2.45, 2.75) is 39.7 Å². The topological polar surface area (TPSA) is 49.3 Å². The second-order valence-electron chi connectivity index (χ2n) is 4.80. The molecule has 0 heterocycles. The van der Waals surface area contributed by atoms with Crippen molar-refractivity contribution >= 4 is 5.91 Å². The van der Waals surface area contributed by atoms with E-state index in [1.54, 1.807) is 6.92 Å². The van der Waals surface area contributed by atoms with Crippen LogP contribution in [-0.4, -0.2) is 23.2 Å². The second-order valence-corrected chi connectivity index (χ2v) is 4.80. The number of amides is 1. The van der Waals surface area contributed by atoms with Crippen LogP contribution < -0.4 is 5.32 Å². The molecule has 0 aliphatic rings. The molecule has 0 saturated carbocycles. The van der Waals surface area contributed by atoms with Crippen molar-refractivity contribution in [3.05, 3.63) is 34.9 Å². The van der Waals surface area contributed by atoms with Gasteiger partial charge < -0.3 is 10.4 Å². The van der Waals surface area contributed by atoms with Crippen molar-refractivity contribution in [3.8, 4) is 0 Å². The van der Waals surface area contributed by atoms with Crippen LogP contribution in [0.5, 0.6) is 0 Å². The average Bonchev–Trinajstić information content (AvgIpc) is 2.26. The van der Waals surface area contributed by atoms with Gasteiger partial charge in [-0.2, -0.15) is 0 Å².